The maximum absolute atomic E-state index is 4.52. The summed E-state index contributed by atoms with van der Waals surface area (Å²) in [6.07, 6.45) is 1.09. The first-order valence-electron chi connectivity index (χ1n) is 4.15. The van der Waals surface area contributed by atoms with Gasteiger partial charge < -0.3 is 5.32 Å². The first-order valence-corrected chi connectivity index (χ1v) is 4.15. The second kappa shape index (κ2) is 2.23. The van der Waals surface area contributed by atoms with E-state index in [1.165, 1.54) is 0 Å². The second-order valence-corrected chi connectivity index (χ2v) is 4.70. The molecule has 1 heterocycles. The van der Waals surface area contributed by atoms with Gasteiger partial charge in [-0.1, -0.05) is 0 Å². The van der Waals surface area contributed by atoms with E-state index in [1.54, 1.807) is 0 Å². The minimum Gasteiger partial charge on any atom is -0.369 e. The van der Waals surface area contributed by atoms with Crippen LogP contribution in [0.2, 0.25) is 0 Å². The monoisotopic (exact) mass is 154 g/mol. The fourth-order valence-electron chi connectivity index (χ4n) is 2.14. The van der Waals surface area contributed by atoms with Gasteiger partial charge in [-0.15, -0.1) is 0 Å². The molecule has 0 unspecified atom stereocenters. The molecule has 0 aromatic rings. The topological polar surface area (TPSA) is 24.4 Å². The van der Waals surface area contributed by atoms with Crippen LogP contribution in [0.15, 0.2) is 4.99 Å². The van der Waals surface area contributed by atoms with Crippen molar-refractivity contribution in [3.8, 4) is 0 Å². The van der Waals surface area contributed by atoms with Crippen molar-refractivity contribution in [1.29, 1.82) is 0 Å². The van der Waals surface area contributed by atoms with E-state index in [-0.39, 0.29) is 11.1 Å². The third-order valence-electron chi connectivity index (χ3n) is 1.86. The highest BCUT2D eigenvalue weighted by Crippen LogP contribution is 2.26. The van der Waals surface area contributed by atoms with Crippen LogP contribution in [-0.2, 0) is 0 Å². The summed E-state index contributed by atoms with van der Waals surface area (Å²) >= 11 is 0. The Balaban J connectivity index is 2.86. The van der Waals surface area contributed by atoms with Crippen molar-refractivity contribution in [3.05, 3.63) is 0 Å². The molecule has 0 amide bonds. The van der Waals surface area contributed by atoms with Crippen molar-refractivity contribution < 1.29 is 0 Å². The van der Waals surface area contributed by atoms with E-state index in [4.69, 9.17) is 0 Å². The Morgan fingerprint density at radius 3 is 2.18 bits per heavy atom. The number of nitrogens with zero attached hydrogens (tertiary/aromatic N) is 1. The Labute approximate surface area is 69.1 Å². The molecular formula is C9H18N2. The van der Waals surface area contributed by atoms with Crippen molar-refractivity contribution in [2.24, 2.45) is 4.99 Å². The Bertz CT molecular complexity index is 190. The maximum atomic E-state index is 4.52. The van der Waals surface area contributed by atoms with Gasteiger partial charge in [0.2, 0.25) is 0 Å². The molecule has 0 bridgehead atoms. The van der Waals surface area contributed by atoms with Crippen molar-refractivity contribution in [3.63, 3.8) is 0 Å². The second-order valence-electron chi connectivity index (χ2n) is 4.70. The van der Waals surface area contributed by atoms with Crippen LogP contribution in [0.4, 0.5) is 0 Å². The van der Waals surface area contributed by atoms with E-state index < -0.39 is 0 Å². The molecule has 0 fully saturated rings. The lowest BCUT2D eigenvalue weighted by atomic mass is 9.85. The zero-order chi connectivity index (χ0) is 8.70. The molecule has 11 heavy (non-hydrogen) atoms. The molecule has 0 aromatic heterocycles. The molecule has 0 atom stereocenters. The Morgan fingerprint density at radius 2 is 1.82 bits per heavy atom. The quantitative estimate of drug-likeness (QED) is 0.566. The highest BCUT2D eigenvalue weighted by Gasteiger charge is 2.32. The molecule has 0 aliphatic carbocycles. The summed E-state index contributed by atoms with van der Waals surface area (Å²) in [6.45, 7) is 10.8. The van der Waals surface area contributed by atoms with Crippen molar-refractivity contribution >= 4 is 5.84 Å². The van der Waals surface area contributed by atoms with Gasteiger partial charge in [0.1, 0.15) is 0 Å². The van der Waals surface area contributed by atoms with E-state index in [2.05, 4.69) is 38.0 Å². The van der Waals surface area contributed by atoms with Gasteiger partial charge in [-0.25, -0.2) is 0 Å². The first-order chi connectivity index (χ1) is 4.81. The molecule has 0 radical (unpaired) electrons. The summed E-state index contributed by atoms with van der Waals surface area (Å²) in [5.74, 6) is 1.06. The minimum atomic E-state index is 0.110. The van der Waals surface area contributed by atoms with Crippen LogP contribution in [0, 0.1) is 0 Å². The van der Waals surface area contributed by atoms with Crippen molar-refractivity contribution in [2.45, 2.75) is 52.1 Å². The lowest BCUT2D eigenvalue weighted by Crippen LogP contribution is -2.51. The Hall–Kier alpha value is -0.530. The van der Waals surface area contributed by atoms with Crippen LogP contribution in [0.25, 0.3) is 0 Å². The standard InChI is InChI=1S/C9H18N2/c1-7-10-8(2,3)6-9(4,5)11-7/h6H2,1-5H3,(H,10,11). The summed E-state index contributed by atoms with van der Waals surface area (Å²) < 4.78 is 0. The number of aliphatic imine (C=N–C) groups is 1. The zero-order valence-electron chi connectivity index (χ0n) is 8.15. The molecule has 1 aliphatic heterocycles. The molecule has 2 heteroatoms. The smallest absolute Gasteiger partial charge is 0.0942 e. The third-order valence-corrected chi connectivity index (χ3v) is 1.86. The lowest BCUT2D eigenvalue weighted by Gasteiger charge is -2.39. The number of hydrogen-bond acceptors (Lipinski definition) is 2. The van der Waals surface area contributed by atoms with Crippen LogP contribution in [-0.4, -0.2) is 16.9 Å². The van der Waals surface area contributed by atoms with Gasteiger partial charge in [0.15, 0.2) is 0 Å². The van der Waals surface area contributed by atoms with Gasteiger partial charge in [-0.3, -0.25) is 4.99 Å². The molecule has 0 saturated heterocycles. The van der Waals surface area contributed by atoms with Crippen LogP contribution in [0.1, 0.15) is 41.0 Å². The molecular weight excluding hydrogens is 136 g/mol. The zero-order valence-corrected chi connectivity index (χ0v) is 8.15. The van der Waals surface area contributed by atoms with Crippen LogP contribution in [0.5, 0.6) is 0 Å². The van der Waals surface area contributed by atoms with E-state index in [0.29, 0.717) is 0 Å². The number of hydrogen-bond donors (Lipinski definition) is 1. The molecule has 64 valence electrons. The van der Waals surface area contributed by atoms with Crippen molar-refractivity contribution in [1.82, 2.24) is 5.32 Å². The summed E-state index contributed by atoms with van der Waals surface area (Å²) in [6, 6.07) is 0. The van der Waals surface area contributed by atoms with Crippen molar-refractivity contribution in [2.75, 3.05) is 0 Å². The SMILES string of the molecule is CC1=NC(C)(C)CC(C)(C)N1. The fraction of sp³-hybridized carbons (Fsp3) is 0.889. The number of nitrogens with one attached hydrogen (secondary N) is 1. The minimum absolute atomic E-state index is 0.110. The van der Waals surface area contributed by atoms with Crippen LogP contribution >= 0.6 is 0 Å². The maximum Gasteiger partial charge on any atom is 0.0942 e. The van der Waals surface area contributed by atoms with Gasteiger partial charge in [-0.05, 0) is 41.0 Å². The summed E-state index contributed by atoms with van der Waals surface area (Å²) in [4.78, 5) is 4.52. The van der Waals surface area contributed by atoms with Gasteiger partial charge in [0.05, 0.1) is 11.4 Å². The average molecular weight is 154 g/mol. The highest BCUT2D eigenvalue weighted by molar-refractivity contribution is 5.81. The third kappa shape index (κ3) is 2.21. The molecule has 0 aromatic carbocycles. The predicted molar refractivity (Wildman–Crippen MR) is 49.0 cm³/mol. The van der Waals surface area contributed by atoms with E-state index >= 15 is 0 Å². The molecule has 1 N–H and O–H groups in total. The average Bonchev–Trinajstić information content (AvgIpc) is 1.49. The van der Waals surface area contributed by atoms with Gasteiger partial charge in [0.25, 0.3) is 0 Å². The first kappa shape index (κ1) is 8.57. The van der Waals surface area contributed by atoms with E-state index in [0.717, 1.165) is 12.3 Å². The predicted octanol–water partition coefficient (Wildman–Crippen LogP) is 1.96. The van der Waals surface area contributed by atoms with Gasteiger partial charge in [-0.2, -0.15) is 0 Å². The van der Waals surface area contributed by atoms with E-state index in [9.17, 15) is 0 Å². The van der Waals surface area contributed by atoms with E-state index in [1.807, 2.05) is 6.92 Å². The molecule has 0 spiro atoms. The molecule has 2 nitrogen and oxygen atoms in total. The lowest BCUT2D eigenvalue weighted by molar-refractivity contribution is 0.303. The number of rotatable bonds is 0. The molecule has 1 rings (SSSR count). The summed E-state index contributed by atoms with van der Waals surface area (Å²) in [5.41, 5.74) is 0.314. The summed E-state index contributed by atoms with van der Waals surface area (Å²) in [5, 5.41) is 3.36. The van der Waals surface area contributed by atoms with Gasteiger partial charge in [0, 0.05) is 5.54 Å². The Kier molecular flexibility index (Phi) is 1.73. The summed E-state index contributed by atoms with van der Waals surface area (Å²) in [7, 11) is 0. The highest BCUT2D eigenvalue weighted by atomic mass is 15.1. The fourth-order valence-corrected chi connectivity index (χ4v) is 2.14. The largest absolute Gasteiger partial charge is 0.369 e. The normalized spacial score (nSPS) is 27.2. The Morgan fingerprint density at radius 1 is 1.27 bits per heavy atom. The number of amidine groups is 1. The molecule has 0 saturated carbocycles. The van der Waals surface area contributed by atoms with Gasteiger partial charge >= 0.3 is 0 Å². The molecule has 1 aliphatic rings. The van der Waals surface area contributed by atoms with Crippen LogP contribution < -0.4 is 5.32 Å². The van der Waals surface area contributed by atoms with Crippen LogP contribution in [0.3, 0.4) is 0 Å².